The van der Waals surface area contributed by atoms with E-state index >= 15 is 0 Å². The molecule has 0 spiro atoms. The molecule has 0 heterocycles. The summed E-state index contributed by atoms with van der Waals surface area (Å²) in [6, 6.07) is 0. The second kappa shape index (κ2) is 8.67. The summed E-state index contributed by atoms with van der Waals surface area (Å²) in [6.45, 7) is 1.54. The van der Waals surface area contributed by atoms with Crippen molar-refractivity contribution in [2.45, 2.75) is 13.3 Å². The number of ether oxygens (including phenoxy) is 2. The SMILES string of the molecule is COCCNS(=O)(=O)NC(=O)OCC(C)CC(=O)O. The van der Waals surface area contributed by atoms with Crippen molar-refractivity contribution in [2.24, 2.45) is 5.92 Å². The highest BCUT2D eigenvalue weighted by Gasteiger charge is 2.16. The van der Waals surface area contributed by atoms with Gasteiger partial charge in [0, 0.05) is 19.6 Å². The zero-order chi connectivity index (χ0) is 14.9. The molecule has 0 aromatic heterocycles. The van der Waals surface area contributed by atoms with Crippen LogP contribution >= 0.6 is 0 Å². The monoisotopic (exact) mass is 298 g/mol. The molecule has 0 aromatic rings. The van der Waals surface area contributed by atoms with Crippen molar-refractivity contribution in [3.8, 4) is 0 Å². The number of rotatable bonds is 9. The first-order valence-electron chi connectivity index (χ1n) is 5.41. The van der Waals surface area contributed by atoms with Crippen molar-refractivity contribution in [1.82, 2.24) is 9.44 Å². The summed E-state index contributed by atoms with van der Waals surface area (Å²) in [5.74, 6) is -1.43. The van der Waals surface area contributed by atoms with Gasteiger partial charge in [0.25, 0.3) is 0 Å². The number of carbonyl (C=O) groups excluding carboxylic acids is 1. The Hall–Kier alpha value is -1.39. The van der Waals surface area contributed by atoms with E-state index in [-0.39, 0.29) is 26.2 Å². The van der Waals surface area contributed by atoms with Gasteiger partial charge in [-0.1, -0.05) is 6.92 Å². The van der Waals surface area contributed by atoms with Crippen LogP contribution in [-0.2, 0) is 24.5 Å². The average molecular weight is 298 g/mol. The lowest BCUT2D eigenvalue weighted by atomic mass is 10.1. The molecule has 1 atom stereocenters. The van der Waals surface area contributed by atoms with Crippen LogP contribution in [0.2, 0.25) is 0 Å². The van der Waals surface area contributed by atoms with E-state index in [0.29, 0.717) is 0 Å². The van der Waals surface area contributed by atoms with Gasteiger partial charge in [0.05, 0.1) is 19.6 Å². The van der Waals surface area contributed by atoms with E-state index in [2.05, 4.69) is 14.2 Å². The molecule has 0 fully saturated rings. The second-order valence-corrected chi connectivity index (χ2v) is 5.29. The third-order valence-corrected chi connectivity index (χ3v) is 2.86. The topological polar surface area (TPSA) is 131 Å². The number of carboxylic acids is 1. The van der Waals surface area contributed by atoms with Crippen LogP contribution in [0.25, 0.3) is 0 Å². The standard InChI is InChI=1S/C9H18N2O7S/c1-7(5-8(12)13)6-18-9(14)11-19(15,16)10-3-4-17-2/h7,10H,3-6H2,1-2H3,(H,11,14)(H,12,13). The van der Waals surface area contributed by atoms with Gasteiger partial charge in [0.15, 0.2) is 0 Å². The van der Waals surface area contributed by atoms with Gasteiger partial charge in [0.1, 0.15) is 0 Å². The number of hydrogen-bond acceptors (Lipinski definition) is 6. The predicted molar refractivity (Wildman–Crippen MR) is 64.7 cm³/mol. The maximum absolute atomic E-state index is 11.3. The van der Waals surface area contributed by atoms with E-state index < -0.39 is 28.2 Å². The maximum atomic E-state index is 11.3. The Morgan fingerprint density at radius 2 is 2.00 bits per heavy atom. The number of carboxylic acid groups (broad SMARTS) is 1. The minimum absolute atomic E-state index is 0.00846. The number of hydrogen-bond donors (Lipinski definition) is 3. The Morgan fingerprint density at radius 1 is 1.37 bits per heavy atom. The summed E-state index contributed by atoms with van der Waals surface area (Å²) in [7, 11) is -2.59. The fourth-order valence-electron chi connectivity index (χ4n) is 1.03. The molecule has 0 radical (unpaired) electrons. The zero-order valence-electron chi connectivity index (χ0n) is 10.7. The molecule has 0 saturated carbocycles. The van der Waals surface area contributed by atoms with Crippen molar-refractivity contribution < 1.29 is 32.6 Å². The minimum Gasteiger partial charge on any atom is -0.481 e. The summed E-state index contributed by atoms with van der Waals surface area (Å²) in [4.78, 5) is 21.5. The fraction of sp³-hybridized carbons (Fsp3) is 0.778. The van der Waals surface area contributed by atoms with Crippen LogP contribution in [0.1, 0.15) is 13.3 Å². The number of carbonyl (C=O) groups is 2. The van der Waals surface area contributed by atoms with E-state index in [0.717, 1.165) is 0 Å². The van der Waals surface area contributed by atoms with Gasteiger partial charge in [-0.15, -0.1) is 0 Å². The van der Waals surface area contributed by atoms with Gasteiger partial charge in [-0.25, -0.2) is 9.52 Å². The first kappa shape index (κ1) is 17.6. The van der Waals surface area contributed by atoms with Gasteiger partial charge in [-0.2, -0.15) is 13.1 Å². The van der Waals surface area contributed by atoms with Crippen molar-refractivity contribution in [2.75, 3.05) is 26.9 Å². The molecular weight excluding hydrogens is 280 g/mol. The van der Waals surface area contributed by atoms with Crippen LogP contribution in [0.4, 0.5) is 4.79 Å². The lowest BCUT2D eigenvalue weighted by Gasteiger charge is -2.11. The third kappa shape index (κ3) is 10.2. The predicted octanol–water partition coefficient (Wildman–Crippen LogP) is -0.696. The Labute approximate surface area is 111 Å². The summed E-state index contributed by atoms with van der Waals surface area (Å²) in [5.41, 5.74) is 0. The molecule has 0 rings (SSSR count). The van der Waals surface area contributed by atoms with E-state index in [1.165, 1.54) is 7.11 Å². The lowest BCUT2D eigenvalue weighted by Crippen LogP contribution is -2.42. The van der Waals surface area contributed by atoms with E-state index in [1.807, 2.05) is 0 Å². The quantitative estimate of drug-likeness (QED) is 0.480. The molecule has 3 N–H and O–H groups in total. The van der Waals surface area contributed by atoms with Crippen LogP contribution in [-0.4, -0.2) is 52.5 Å². The third-order valence-electron chi connectivity index (χ3n) is 1.84. The van der Waals surface area contributed by atoms with Crippen LogP contribution < -0.4 is 9.44 Å². The molecule has 19 heavy (non-hydrogen) atoms. The number of nitrogens with one attached hydrogen (secondary N) is 2. The van der Waals surface area contributed by atoms with Crippen LogP contribution in [0.5, 0.6) is 0 Å². The number of methoxy groups -OCH3 is 1. The molecular formula is C9H18N2O7S. The van der Waals surface area contributed by atoms with Crippen molar-refractivity contribution in [3.63, 3.8) is 0 Å². The molecule has 0 bridgehead atoms. The molecule has 0 aliphatic heterocycles. The van der Waals surface area contributed by atoms with Crippen LogP contribution in [0, 0.1) is 5.92 Å². The molecule has 0 saturated heterocycles. The van der Waals surface area contributed by atoms with Crippen molar-refractivity contribution in [3.05, 3.63) is 0 Å². The number of amides is 1. The van der Waals surface area contributed by atoms with Crippen LogP contribution in [0.15, 0.2) is 0 Å². The first-order valence-corrected chi connectivity index (χ1v) is 6.90. The highest BCUT2D eigenvalue weighted by molar-refractivity contribution is 7.88. The highest BCUT2D eigenvalue weighted by atomic mass is 32.2. The van der Waals surface area contributed by atoms with Gasteiger partial charge >= 0.3 is 22.3 Å². The van der Waals surface area contributed by atoms with E-state index in [1.54, 1.807) is 11.6 Å². The molecule has 0 aromatic carbocycles. The molecule has 0 aliphatic rings. The average Bonchev–Trinajstić information content (AvgIpc) is 2.25. The Bertz CT molecular complexity index is 395. The van der Waals surface area contributed by atoms with E-state index in [4.69, 9.17) is 5.11 Å². The van der Waals surface area contributed by atoms with Gasteiger partial charge in [-0.3, -0.25) is 4.79 Å². The largest absolute Gasteiger partial charge is 0.481 e. The molecule has 0 aliphatic carbocycles. The Balaban J connectivity index is 3.99. The van der Waals surface area contributed by atoms with E-state index in [9.17, 15) is 18.0 Å². The Kier molecular flexibility index (Phi) is 8.03. The first-order chi connectivity index (χ1) is 8.76. The highest BCUT2D eigenvalue weighted by Crippen LogP contribution is 2.02. The van der Waals surface area contributed by atoms with Gasteiger partial charge in [-0.05, 0) is 0 Å². The van der Waals surface area contributed by atoms with Gasteiger partial charge in [0.2, 0.25) is 0 Å². The Morgan fingerprint density at radius 3 is 2.53 bits per heavy atom. The van der Waals surface area contributed by atoms with Crippen LogP contribution in [0.3, 0.4) is 0 Å². The molecule has 1 amide bonds. The molecule has 1 unspecified atom stereocenters. The molecule has 9 nitrogen and oxygen atoms in total. The lowest BCUT2D eigenvalue weighted by molar-refractivity contribution is -0.138. The summed E-state index contributed by atoms with van der Waals surface area (Å²) >= 11 is 0. The van der Waals surface area contributed by atoms with Crippen molar-refractivity contribution >= 4 is 22.3 Å². The summed E-state index contributed by atoms with van der Waals surface area (Å²) < 4.78 is 35.4. The zero-order valence-corrected chi connectivity index (χ0v) is 11.5. The fourth-order valence-corrected chi connectivity index (χ4v) is 1.73. The molecule has 112 valence electrons. The number of aliphatic carboxylic acids is 1. The van der Waals surface area contributed by atoms with Gasteiger partial charge < -0.3 is 14.6 Å². The smallest absolute Gasteiger partial charge is 0.421 e. The maximum Gasteiger partial charge on any atom is 0.421 e. The minimum atomic E-state index is -3.99. The summed E-state index contributed by atoms with van der Waals surface area (Å²) in [6.07, 6.45) is -1.34. The second-order valence-electron chi connectivity index (χ2n) is 3.79. The summed E-state index contributed by atoms with van der Waals surface area (Å²) in [5, 5.41) is 8.48. The van der Waals surface area contributed by atoms with Crippen molar-refractivity contribution in [1.29, 1.82) is 0 Å². The molecule has 10 heteroatoms. The normalized spacial score (nSPS) is 12.7.